The number of piperidine rings is 1. The maximum atomic E-state index is 12.5. The summed E-state index contributed by atoms with van der Waals surface area (Å²) in [6, 6.07) is 0. The Balaban J connectivity index is 1.65. The minimum absolute atomic E-state index is 0.0263. The Morgan fingerprint density at radius 1 is 1.57 bits per heavy atom. The molecular weight excluding hydrogens is 270 g/mol. The van der Waals surface area contributed by atoms with Crippen LogP contribution in [0.3, 0.4) is 0 Å². The smallest absolute Gasteiger partial charge is 0.242 e. The molecule has 0 unspecified atom stereocenters. The Hall–Kier alpha value is -1.40. The third-order valence-electron chi connectivity index (χ3n) is 4.78. The van der Waals surface area contributed by atoms with Crippen LogP contribution in [0.5, 0.6) is 0 Å². The molecule has 3 rings (SSSR count). The quantitative estimate of drug-likeness (QED) is 0.834. The average molecular weight is 293 g/mol. The topological polar surface area (TPSA) is 56.6 Å². The zero-order valence-corrected chi connectivity index (χ0v) is 12.7. The predicted octanol–water partition coefficient (Wildman–Crippen LogP) is 0.988. The Labute approximate surface area is 125 Å². The van der Waals surface area contributed by atoms with E-state index in [9.17, 15) is 4.79 Å². The maximum absolute atomic E-state index is 12.5. The van der Waals surface area contributed by atoms with Crippen LogP contribution in [0.25, 0.3) is 0 Å². The van der Waals surface area contributed by atoms with Gasteiger partial charge in [0.1, 0.15) is 18.5 Å². The molecule has 1 amide bonds. The minimum Gasteiger partial charge on any atom is -0.377 e. The van der Waals surface area contributed by atoms with Crippen LogP contribution in [0.2, 0.25) is 0 Å². The molecule has 2 saturated heterocycles. The third-order valence-corrected chi connectivity index (χ3v) is 4.78. The Morgan fingerprint density at radius 2 is 2.43 bits per heavy atom. The van der Waals surface area contributed by atoms with Crippen LogP contribution in [0.15, 0.2) is 12.4 Å². The molecule has 2 fully saturated rings. The number of imidazole rings is 1. The molecule has 3 heterocycles. The van der Waals surface area contributed by atoms with Crippen molar-refractivity contribution in [3.05, 3.63) is 18.2 Å². The second-order valence-electron chi connectivity index (χ2n) is 5.93. The lowest BCUT2D eigenvalue weighted by atomic mass is 9.86. The van der Waals surface area contributed by atoms with Crippen molar-refractivity contribution in [2.24, 2.45) is 0 Å². The summed E-state index contributed by atoms with van der Waals surface area (Å²) in [5, 5.41) is 0. The number of methoxy groups -OCH3 is 1. The lowest BCUT2D eigenvalue weighted by Crippen LogP contribution is -2.57. The number of aromatic nitrogens is 2. The van der Waals surface area contributed by atoms with Crippen LogP contribution in [0, 0.1) is 6.92 Å². The molecule has 0 radical (unpaired) electrons. The van der Waals surface area contributed by atoms with Crippen molar-refractivity contribution in [2.75, 3.05) is 26.8 Å². The molecule has 1 aromatic heterocycles. The fourth-order valence-corrected chi connectivity index (χ4v) is 3.45. The summed E-state index contributed by atoms with van der Waals surface area (Å²) in [6.45, 7) is 4.41. The van der Waals surface area contributed by atoms with E-state index in [-0.39, 0.29) is 17.6 Å². The first kappa shape index (κ1) is 14.5. The van der Waals surface area contributed by atoms with E-state index in [1.807, 2.05) is 22.6 Å². The van der Waals surface area contributed by atoms with Gasteiger partial charge in [-0.3, -0.25) is 4.79 Å². The van der Waals surface area contributed by atoms with Gasteiger partial charge in [0.15, 0.2) is 0 Å². The summed E-state index contributed by atoms with van der Waals surface area (Å²) in [5.41, 5.74) is -0.170. The highest BCUT2D eigenvalue weighted by Gasteiger charge is 2.47. The molecular formula is C15H23N3O3. The number of hydrogen-bond donors (Lipinski definition) is 0. The molecule has 6 nitrogen and oxygen atoms in total. The largest absolute Gasteiger partial charge is 0.377 e. The number of likely N-dealkylation sites (tertiary alicyclic amines) is 1. The first-order valence-electron chi connectivity index (χ1n) is 7.57. The van der Waals surface area contributed by atoms with Gasteiger partial charge in [0.25, 0.3) is 0 Å². The molecule has 116 valence electrons. The number of ether oxygens (including phenoxy) is 2. The molecule has 2 atom stereocenters. The van der Waals surface area contributed by atoms with Crippen molar-refractivity contribution < 1.29 is 14.3 Å². The van der Waals surface area contributed by atoms with Crippen LogP contribution in [0.1, 0.15) is 25.1 Å². The molecule has 2 aliphatic rings. The van der Waals surface area contributed by atoms with E-state index in [0.717, 1.165) is 38.2 Å². The Bertz CT molecular complexity index is 508. The fraction of sp³-hybridized carbons (Fsp3) is 0.733. The van der Waals surface area contributed by atoms with Gasteiger partial charge in [0.05, 0.1) is 5.60 Å². The average Bonchev–Trinajstić information content (AvgIpc) is 3.10. The van der Waals surface area contributed by atoms with Crippen molar-refractivity contribution in [3.63, 3.8) is 0 Å². The lowest BCUT2D eigenvalue weighted by Gasteiger charge is -2.44. The van der Waals surface area contributed by atoms with Crippen LogP contribution in [-0.4, -0.2) is 58.9 Å². The van der Waals surface area contributed by atoms with Gasteiger partial charge in [-0.2, -0.15) is 0 Å². The summed E-state index contributed by atoms with van der Waals surface area (Å²) in [5.74, 6) is 0.977. The van der Waals surface area contributed by atoms with E-state index in [1.54, 1.807) is 13.3 Å². The van der Waals surface area contributed by atoms with Crippen molar-refractivity contribution in [1.29, 1.82) is 0 Å². The van der Waals surface area contributed by atoms with E-state index in [4.69, 9.17) is 9.47 Å². The molecule has 1 spiro atoms. The molecule has 1 aromatic rings. The van der Waals surface area contributed by atoms with Crippen molar-refractivity contribution in [1.82, 2.24) is 14.5 Å². The second kappa shape index (κ2) is 5.77. The van der Waals surface area contributed by atoms with Crippen LogP contribution < -0.4 is 0 Å². The number of nitrogens with zero attached hydrogens (tertiary/aromatic N) is 3. The zero-order valence-electron chi connectivity index (χ0n) is 12.7. The zero-order chi connectivity index (χ0) is 14.9. The van der Waals surface area contributed by atoms with Gasteiger partial charge in [0, 0.05) is 39.2 Å². The molecule has 0 saturated carbocycles. The summed E-state index contributed by atoms with van der Waals surface area (Å²) >= 11 is 0. The number of rotatable bonds is 3. The van der Waals surface area contributed by atoms with Gasteiger partial charge in [-0.15, -0.1) is 0 Å². The van der Waals surface area contributed by atoms with Gasteiger partial charge in [-0.05, 0) is 26.2 Å². The van der Waals surface area contributed by atoms with Gasteiger partial charge < -0.3 is 18.9 Å². The lowest BCUT2D eigenvalue weighted by molar-refractivity contribution is -0.158. The van der Waals surface area contributed by atoms with E-state index in [1.165, 1.54) is 0 Å². The van der Waals surface area contributed by atoms with E-state index in [0.29, 0.717) is 13.1 Å². The number of amides is 1. The summed E-state index contributed by atoms with van der Waals surface area (Å²) in [4.78, 5) is 18.5. The first-order valence-corrected chi connectivity index (χ1v) is 7.57. The standard InChI is InChI=1S/C15H23N3O3/c1-12-16-6-8-17(12)11-14(19)18-7-5-15(4-3-9-21-15)13(10-18)20-2/h6,8,13H,3-5,7,9-11H2,1-2H3/t13-,15-/m0/s1. The third kappa shape index (κ3) is 2.70. The van der Waals surface area contributed by atoms with Crippen molar-refractivity contribution in [2.45, 2.75) is 44.4 Å². The summed E-state index contributed by atoms with van der Waals surface area (Å²) in [7, 11) is 1.71. The van der Waals surface area contributed by atoms with Gasteiger partial charge >= 0.3 is 0 Å². The highest BCUT2D eigenvalue weighted by atomic mass is 16.5. The first-order chi connectivity index (χ1) is 10.1. The predicted molar refractivity (Wildman–Crippen MR) is 76.9 cm³/mol. The highest BCUT2D eigenvalue weighted by molar-refractivity contribution is 5.76. The number of carbonyl (C=O) groups excluding carboxylic acids is 1. The van der Waals surface area contributed by atoms with Crippen LogP contribution in [-0.2, 0) is 20.8 Å². The Morgan fingerprint density at radius 3 is 3.05 bits per heavy atom. The van der Waals surface area contributed by atoms with E-state index < -0.39 is 0 Å². The molecule has 0 bridgehead atoms. The molecule has 6 heteroatoms. The Kier molecular flexibility index (Phi) is 3.99. The van der Waals surface area contributed by atoms with Crippen LogP contribution in [0.4, 0.5) is 0 Å². The van der Waals surface area contributed by atoms with Gasteiger partial charge in [0.2, 0.25) is 5.91 Å². The molecule has 0 aromatic carbocycles. The molecule has 2 aliphatic heterocycles. The second-order valence-corrected chi connectivity index (χ2v) is 5.93. The molecule has 0 aliphatic carbocycles. The summed E-state index contributed by atoms with van der Waals surface area (Å²) < 4.78 is 13.5. The van der Waals surface area contributed by atoms with E-state index >= 15 is 0 Å². The minimum atomic E-state index is -0.170. The van der Waals surface area contributed by atoms with Crippen molar-refractivity contribution >= 4 is 5.91 Å². The number of carbonyl (C=O) groups is 1. The molecule has 0 N–H and O–H groups in total. The maximum Gasteiger partial charge on any atom is 0.242 e. The monoisotopic (exact) mass is 293 g/mol. The normalized spacial score (nSPS) is 29.2. The van der Waals surface area contributed by atoms with Crippen molar-refractivity contribution in [3.8, 4) is 0 Å². The number of hydrogen-bond acceptors (Lipinski definition) is 4. The molecule has 21 heavy (non-hydrogen) atoms. The summed E-state index contributed by atoms with van der Waals surface area (Å²) in [6.07, 6.45) is 6.52. The van der Waals surface area contributed by atoms with E-state index in [2.05, 4.69) is 4.98 Å². The van der Waals surface area contributed by atoms with Gasteiger partial charge in [-0.1, -0.05) is 0 Å². The SMILES string of the molecule is CO[C@H]1CN(C(=O)Cn2ccnc2C)CC[C@@]12CCCO2. The van der Waals surface area contributed by atoms with Crippen LogP contribution >= 0.6 is 0 Å². The van der Waals surface area contributed by atoms with Gasteiger partial charge in [-0.25, -0.2) is 4.98 Å². The highest BCUT2D eigenvalue weighted by Crippen LogP contribution is 2.37. The number of aryl methyl sites for hydroxylation is 1. The fourth-order valence-electron chi connectivity index (χ4n) is 3.45.